The molecule has 0 fully saturated rings. The second-order valence-electron chi connectivity index (χ2n) is 3.21. The monoisotopic (exact) mass is 534 g/mol. The van der Waals surface area contributed by atoms with Gasteiger partial charge in [0.05, 0.1) is 13.2 Å². The minimum atomic E-state index is -5.03. The predicted octanol–water partition coefficient (Wildman–Crippen LogP) is -1.19. The highest BCUT2D eigenvalue weighted by atomic mass is 79.9. The van der Waals surface area contributed by atoms with Gasteiger partial charge < -0.3 is 0 Å². The smallest absolute Gasteiger partial charge is 0.284 e. The van der Waals surface area contributed by atoms with Crippen LogP contribution in [-0.2, 0) is 48.8 Å². The average Bonchev–Trinajstić information content (AvgIpc) is 2.30. The van der Waals surface area contributed by atoms with E-state index in [0.29, 0.717) is 0 Å². The first-order valence-electron chi connectivity index (χ1n) is 4.49. The van der Waals surface area contributed by atoms with Gasteiger partial charge in [0.2, 0.25) is 0 Å². The third-order valence-electron chi connectivity index (χ3n) is 1.50. The van der Waals surface area contributed by atoms with Crippen LogP contribution in [-0.4, -0.2) is 63.0 Å². The van der Waals surface area contributed by atoms with E-state index < -0.39 is 60.7 Å². The lowest BCUT2D eigenvalue weighted by Crippen LogP contribution is -2.29. The van der Waals surface area contributed by atoms with Crippen LogP contribution in [0.2, 0.25) is 0 Å². The lowest BCUT2D eigenvalue weighted by Gasteiger charge is -2.10. The maximum Gasteiger partial charge on any atom is 0.297 e. The van der Waals surface area contributed by atoms with Crippen molar-refractivity contribution in [3.8, 4) is 0 Å². The summed E-state index contributed by atoms with van der Waals surface area (Å²) in [5.74, 6) is 0. The van der Waals surface area contributed by atoms with Crippen LogP contribution >= 0.6 is 31.9 Å². The highest BCUT2D eigenvalue weighted by Crippen LogP contribution is 2.19. The van der Waals surface area contributed by atoms with Crippen LogP contribution < -0.4 is 0 Å². The van der Waals surface area contributed by atoms with Gasteiger partial charge in [-0.05, 0) is 31.9 Å². The third kappa shape index (κ3) is 7.01. The van der Waals surface area contributed by atoms with Crippen molar-refractivity contribution >= 4 is 72.3 Å². The van der Waals surface area contributed by atoms with E-state index in [2.05, 4.69) is 40.2 Å². The summed E-state index contributed by atoms with van der Waals surface area (Å²) in [6, 6.07) is 0. The molecule has 2 unspecified atom stereocenters. The van der Waals surface area contributed by atoms with Crippen molar-refractivity contribution in [3.63, 3.8) is 0 Å². The maximum absolute atomic E-state index is 11.2. The van der Waals surface area contributed by atoms with Crippen LogP contribution in [0.25, 0.3) is 0 Å². The van der Waals surface area contributed by atoms with Gasteiger partial charge in [-0.3, -0.25) is 17.5 Å². The summed E-state index contributed by atoms with van der Waals surface area (Å²) in [4.78, 5) is 0. The highest BCUT2D eigenvalue weighted by Gasteiger charge is 2.37. The molecule has 0 bridgehead atoms. The second-order valence-corrected chi connectivity index (χ2v) is 14.4. The first-order chi connectivity index (χ1) is 9.52. The van der Waals surface area contributed by atoms with Crippen LogP contribution in [0.3, 0.4) is 0 Å². The quantitative estimate of drug-likeness (QED) is 0.155. The Morgan fingerprint density at radius 3 is 1.09 bits per heavy atom. The predicted molar refractivity (Wildman–Crippen MR) is 78.3 cm³/mol. The van der Waals surface area contributed by atoms with E-state index in [9.17, 15) is 33.7 Å². The zero-order valence-electron chi connectivity index (χ0n) is 9.93. The summed E-state index contributed by atoms with van der Waals surface area (Å²) in [6.07, 6.45) is 0. The maximum atomic E-state index is 11.2. The minimum absolute atomic E-state index is 1.02. The molecule has 0 heterocycles. The SMILES string of the molecule is O=S(=O)(O)C(Br)S(=O)(=O)OCCOS(=O)(=O)C(Br)S(=O)(=O)O. The van der Waals surface area contributed by atoms with Crippen molar-refractivity contribution in [2.45, 2.75) is 6.98 Å². The molecule has 22 heavy (non-hydrogen) atoms. The zero-order valence-corrected chi connectivity index (χ0v) is 16.4. The van der Waals surface area contributed by atoms with Gasteiger partial charge in [-0.1, -0.05) is 0 Å². The van der Waals surface area contributed by atoms with Crippen LogP contribution in [0.4, 0.5) is 0 Å². The number of halogens is 2. The Labute approximate surface area is 143 Å². The van der Waals surface area contributed by atoms with E-state index in [0.717, 1.165) is 0 Å². The van der Waals surface area contributed by atoms with E-state index in [1.807, 2.05) is 0 Å². The molecule has 0 radical (unpaired) electrons. The first-order valence-corrected chi connectivity index (χ1v) is 12.3. The first kappa shape index (κ1) is 22.6. The molecule has 0 saturated carbocycles. The largest absolute Gasteiger partial charge is 0.297 e. The molecule has 0 aliphatic carbocycles. The Morgan fingerprint density at radius 2 is 0.909 bits per heavy atom. The Bertz CT molecular complexity index is 721. The second kappa shape index (κ2) is 7.66. The summed E-state index contributed by atoms with van der Waals surface area (Å²) in [5.41, 5.74) is 0. The van der Waals surface area contributed by atoms with E-state index in [1.54, 1.807) is 0 Å². The molecule has 0 saturated heterocycles. The Balaban J connectivity index is 4.71. The minimum Gasteiger partial charge on any atom is -0.284 e. The van der Waals surface area contributed by atoms with Crippen LogP contribution in [0.5, 0.6) is 0 Å². The summed E-state index contributed by atoms with van der Waals surface area (Å²) < 4.78 is 107. The average molecular weight is 536 g/mol. The highest BCUT2D eigenvalue weighted by molar-refractivity contribution is 9.13. The normalized spacial score (nSPS) is 17.1. The summed E-state index contributed by atoms with van der Waals surface area (Å²) in [5, 5.41) is 0. The van der Waals surface area contributed by atoms with Gasteiger partial charge in [0, 0.05) is 0 Å². The molecular formula is C4H8Br2O12S4. The summed E-state index contributed by atoms with van der Waals surface area (Å²) >= 11 is 4.26. The molecule has 0 spiro atoms. The zero-order chi connectivity index (χ0) is 18.0. The molecule has 0 aromatic rings. The third-order valence-corrected chi connectivity index (χ3v) is 12.8. The molecule has 2 atom stereocenters. The Kier molecular flexibility index (Phi) is 7.87. The Morgan fingerprint density at radius 1 is 0.682 bits per heavy atom. The molecule has 0 amide bonds. The number of rotatable bonds is 9. The van der Waals surface area contributed by atoms with Crippen molar-refractivity contribution in [1.82, 2.24) is 0 Å². The fraction of sp³-hybridized carbons (Fsp3) is 1.00. The van der Waals surface area contributed by atoms with Crippen molar-refractivity contribution in [3.05, 3.63) is 0 Å². The van der Waals surface area contributed by atoms with Gasteiger partial charge in [0.1, 0.15) is 0 Å². The van der Waals surface area contributed by atoms with E-state index in [-0.39, 0.29) is 0 Å². The van der Waals surface area contributed by atoms with Gasteiger partial charge in [-0.2, -0.15) is 33.7 Å². The lowest BCUT2D eigenvalue weighted by atomic mass is 10.8. The molecule has 0 aliphatic heterocycles. The fourth-order valence-electron chi connectivity index (χ4n) is 0.705. The van der Waals surface area contributed by atoms with Gasteiger partial charge in [0.15, 0.2) is 0 Å². The molecule has 0 aliphatic rings. The van der Waals surface area contributed by atoms with Crippen LogP contribution in [0.1, 0.15) is 0 Å². The molecule has 18 heteroatoms. The number of alkyl halides is 2. The van der Waals surface area contributed by atoms with Crippen LogP contribution in [0.15, 0.2) is 0 Å². The number of hydrogen-bond acceptors (Lipinski definition) is 10. The molecule has 0 aromatic heterocycles. The van der Waals surface area contributed by atoms with Gasteiger partial charge >= 0.3 is 0 Å². The van der Waals surface area contributed by atoms with Crippen molar-refractivity contribution in [2.24, 2.45) is 0 Å². The molecule has 0 rings (SSSR count). The topological polar surface area (TPSA) is 195 Å². The number of hydrogen-bond donors (Lipinski definition) is 2. The fourth-order valence-corrected chi connectivity index (χ4v) is 4.88. The van der Waals surface area contributed by atoms with E-state index >= 15 is 0 Å². The van der Waals surface area contributed by atoms with Gasteiger partial charge in [0.25, 0.3) is 47.5 Å². The van der Waals surface area contributed by atoms with E-state index in [1.165, 1.54) is 0 Å². The lowest BCUT2D eigenvalue weighted by molar-refractivity contribution is 0.225. The molecule has 134 valence electrons. The van der Waals surface area contributed by atoms with Crippen LogP contribution in [0, 0.1) is 0 Å². The van der Waals surface area contributed by atoms with Crippen molar-refractivity contribution < 1.29 is 51.1 Å². The van der Waals surface area contributed by atoms with E-state index in [4.69, 9.17) is 9.11 Å². The molecule has 0 aromatic carbocycles. The Hall–Kier alpha value is 0.600. The summed E-state index contributed by atoms with van der Waals surface area (Å²) in [7, 11) is -19.8. The molecule has 12 nitrogen and oxygen atoms in total. The van der Waals surface area contributed by atoms with Crippen molar-refractivity contribution in [2.75, 3.05) is 13.2 Å². The van der Waals surface area contributed by atoms with Gasteiger partial charge in [-0.15, -0.1) is 0 Å². The van der Waals surface area contributed by atoms with Crippen molar-refractivity contribution in [1.29, 1.82) is 0 Å². The standard InChI is InChI=1S/C4H8Br2O12S4/c5-3(19(7,8)9)21(13,14)17-1-2-18-22(15,16)4(6)20(10,11)12/h3-4H,1-2H2,(H,7,8,9)(H,10,11,12). The molecular weight excluding hydrogens is 528 g/mol. The molecule has 2 N–H and O–H groups in total. The van der Waals surface area contributed by atoms with Gasteiger partial charge in [-0.25, -0.2) is 0 Å². The summed E-state index contributed by atoms with van der Waals surface area (Å²) in [6.45, 7) is -2.05.